The highest BCUT2D eigenvalue weighted by Gasteiger charge is 2.48. The van der Waals surface area contributed by atoms with Crippen molar-refractivity contribution in [3.63, 3.8) is 0 Å². The minimum absolute atomic E-state index is 0.379. The lowest BCUT2D eigenvalue weighted by Gasteiger charge is -2.42. The number of hydrogen-bond donors (Lipinski definition) is 0. The molecule has 94 valence electrons. The Bertz CT molecular complexity index is 359. The van der Waals surface area contributed by atoms with E-state index in [-0.39, 0.29) is 0 Å². The van der Waals surface area contributed by atoms with E-state index < -0.39 is 0 Å². The zero-order valence-corrected chi connectivity index (χ0v) is 12.1. The molecule has 1 aromatic rings. The predicted octanol–water partition coefficient (Wildman–Crippen LogP) is 4.89. The van der Waals surface area contributed by atoms with E-state index in [1.54, 1.807) is 5.56 Å². The zero-order chi connectivity index (χ0) is 12.4. The molecule has 1 aliphatic carbocycles. The second-order valence-corrected chi connectivity index (χ2v) is 6.84. The molecule has 0 spiro atoms. The first-order valence-electron chi connectivity index (χ1n) is 6.67. The number of benzene rings is 1. The first-order valence-corrected chi connectivity index (χ1v) is 8.06. The fraction of sp³-hybridized carbons (Fsp3) is 0.625. The van der Waals surface area contributed by atoms with Gasteiger partial charge in [-0.05, 0) is 47.7 Å². The first kappa shape index (κ1) is 13.0. The highest BCUT2D eigenvalue weighted by Crippen LogP contribution is 2.56. The minimum atomic E-state index is 0.379. The van der Waals surface area contributed by atoms with Gasteiger partial charge in [0.2, 0.25) is 0 Å². The molecule has 0 bridgehead atoms. The van der Waals surface area contributed by atoms with Crippen LogP contribution in [0.5, 0.6) is 0 Å². The summed E-state index contributed by atoms with van der Waals surface area (Å²) in [6, 6.07) is 11.1. The van der Waals surface area contributed by atoms with Crippen LogP contribution < -0.4 is 0 Å². The maximum Gasteiger partial charge on any atom is -0.00212 e. The monoisotopic (exact) mass is 248 g/mol. The summed E-state index contributed by atoms with van der Waals surface area (Å²) in [5.74, 6) is 1.29. The minimum Gasteiger partial charge on any atom is -0.165 e. The molecule has 1 fully saturated rings. The maximum absolute atomic E-state index is 2.50. The van der Waals surface area contributed by atoms with E-state index in [1.807, 2.05) is 11.8 Å². The van der Waals surface area contributed by atoms with Crippen molar-refractivity contribution in [3.8, 4) is 0 Å². The van der Waals surface area contributed by atoms with Crippen molar-refractivity contribution in [2.75, 3.05) is 12.0 Å². The zero-order valence-electron chi connectivity index (χ0n) is 11.3. The average molecular weight is 248 g/mol. The normalized spacial score (nSPS) is 32.9. The molecule has 1 heteroatoms. The third kappa shape index (κ3) is 2.27. The molecule has 0 heterocycles. The van der Waals surface area contributed by atoms with E-state index in [4.69, 9.17) is 0 Å². The summed E-state index contributed by atoms with van der Waals surface area (Å²) in [6.45, 7) is 4.98. The molecular formula is C16H24S. The first-order chi connectivity index (χ1) is 8.12. The van der Waals surface area contributed by atoms with Crippen molar-refractivity contribution >= 4 is 11.8 Å². The number of rotatable bonds is 4. The Kier molecular flexibility index (Phi) is 3.87. The van der Waals surface area contributed by atoms with Crippen molar-refractivity contribution < 1.29 is 0 Å². The second kappa shape index (κ2) is 5.06. The summed E-state index contributed by atoms with van der Waals surface area (Å²) in [5, 5.41) is 0. The Morgan fingerprint density at radius 3 is 2.47 bits per heavy atom. The van der Waals surface area contributed by atoms with Crippen LogP contribution in [-0.4, -0.2) is 12.0 Å². The van der Waals surface area contributed by atoms with Gasteiger partial charge in [-0.3, -0.25) is 0 Å². The molecule has 0 radical (unpaired) electrons. The van der Waals surface area contributed by atoms with Crippen LogP contribution >= 0.6 is 11.8 Å². The summed E-state index contributed by atoms with van der Waals surface area (Å²) in [6.07, 6.45) is 7.69. The lowest BCUT2D eigenvalue weighted by molar-refractivity contribution is 0.190. The fourth-order valence-corrected chi connectivity index (χ4v) is 4.09. The largest absolute Gasteiger partial charge is 0.165 e. The topological polar surface area (TPSA) is 0 Å². The molecule has 0 amide bonds. The van der Waals surface area contributed by atoms with Crippen LogP contribution in [0.2, 0.25) is 0 Å². The quantitative estimate of drug-likeness (QED) is 0.731. The van der Waals surface area contributed by atoms with Crippen LogP contribution in [-0.2, 0) is 5.41 Å². The molecule has 0 saturated heterocycles. The van der Waals surface area contributed by atoms with E-state index in [1.165, 1.54) is 31.4 Å². The van der Waals surface area contributed by atoms with Crippen LogP contribution in [0.4, 0.5) is 0 Å². The Morgan fingerprint density at radius 1 is 1.12 bits per heavy atom. The molecule has 0 aliphatic heterocycles. The van der Waals surface area contributed by atoms with Gasteiger partial charge in [0.15, 0.2) is 0 Å². The standard InChI is InChI=1S/C16H24S/c1-15(12-13-17-3)10-7-11-16(15,2)14-8-5-4-6-9-14/h4-6,8-9H,7,10-13H2,1-3H3/t15-,16+/m0/s1. The summed E-state index contributed by atoms with van der Waals surface area (Å²) in [4.78, 5) is 0. The van der Waals surface area contributed by atoms with Crippen molar-refractivity contribution in [2.45, 2.75) is 44.9 Å². The highest BCUT2D eigenvalue weighted by atomic mass is 32.2. The second-order valence-electron chi connectivity index (χ2n) is 5.86. The van der Waals surface area contributed by atoms with Gasteiger partial charge in [-0.25, -0.2) is 0 Å². The summed E-state index contributed by atoms with van der Waals surface area (Å²) >= 11 is 1.98. The molecule has 2 rings (SSSR count). The van der Waals surface area contributed by atoms with E-state index in [9.17, 15) is 0 Å². The van der Waals surface area contributed by atoms with Gasteiger partial charge in [-0.1, -0.05) is 50.6 Å². The van der Waals surface area contributed by atoms with Crippen molar-refractivity contribution in [3.05, 3.63) is 35.9 Å². The maximum atomic E-state index is 2.50. The molecule has 0 nitrogen and oxygen atoms in total. The molecule has 17 heavy (non-hydrogen) atoms. The molecule has 1 saturated carbocycles. The summed E-state index contributed by atoms with van der Waals surface area (Å²) in [7, 11) is 0. The van der Waals surface area contributed by atoms with Crippen molar-refractivity contribution in [2.24, 2.45) is 5.41 Å². The fourth-order valence-electron chi connectivity index (χ4n) is 3.44. The van der Waals surface area contributed by atoms with Gasteiger partial charge in [-0.15, -0.1) is 0 Å². The Morgan fingerprint density at radius 2 is 1.82 bits per heavy atom. The van der Waals surface area contributed by atoms with Crippen LogP contribution in [0.1, 0.15) is 45.1 Å². The summed E-state index contributed by atoms with van der Waals surface area (Å²) < 4.78 is 0. The smallest absolute Gasteiger partial charge is 0.00212 e. The molecule has 2 atom stereocenters. The van der Waals surface area contributed by atoms with Gasteiger partial charge in [0.1, 0.15) is 0 Å². The lowest BCUT2D eigenvalue weighted by Crippen LogP contribution is -2.37. The molecule has 0 N–H and O–H groups in total. The van der Waals surface area contributed by atoms with Gasteiger partial charge in [0.05, 0.1) is 0 Å². The SMILES string of the molecule is CSCC[C@]1(C)CCC[C@]1(C)c1ccccc1. The van der Waals surface area contributed by atoms with E-state index in [0.717, 1.165) is 0 Å². The van der Waals surface area contributed by atoms with E-state index in [0.29, 0.717) is 10.8 Å². The Labute approximate surface area is 110 Å². The third-order valence-corrected chi connectivity index (χ3v) is 5.62. The van der Waals surface area contributed by atoms with Crippen LogP contribution in [0.25, 0.3) is 0 Å². The van der Waals surface area contributed by atoms with E-state index in [2.05, 4.69) is 50.4 Å². The van der Waals surface area contributed by atoms with Crippen molar-refractivity contribution in [1.82, 2.24) is 0 Å². The highest BCUT2D eigenvalue weighted by molar-refractivity contribution is 7.98. The molecular weight excluding hydrogens is 224 g/mol. The van der Waals surface area contributed by atoms with Crippen LogP contribution in [0.3, 0.4) is 0 Å². The number of hydrogen-bond acceptors (Lipinski definition) is 1. The molecule has 1 aromatic carbocycles. The lowest BCUT2D eigenvalue weighted by atomic mass is 9.63. The van der Waals surface area contributed by atoms with Gasteiger partial charge >= 0.3 is 0 Å². The van der Waals surface area contributed by atoms with E-state index >= 15 is 0 Å². The molecule has 0 aromatic heterocycles. The Hall–Kier alpha value is -0.430. The number of thioether (sulfide) groups is 1. The van der Waals surface area contributed by atoms with Crippen LogP contribution in [0, 0.1) is 5.41 Å². The average Bonchev–Trinajstić information content (AvgIpc) is 2.66. The van der Waals surface area contributed by atoms with Gasteiger partial charge in [0.25, 0.3) is 0 Å². The van der Waals surface area contributed by atoms with Crippen LogP contribution in [0.15, 0.2) is 30.3 Å². The Balaban J connectivity index is 2.29. The van der Waals surface area contributed by atoms with Gasteiger partial charge in [0, 0.05) is 0 Å². The van der Waals surface area contributed by atoms with Crippen molar-refractivity contribution in [1.29, 1.82) is 0 Å². The molecule has 1 aliphatic rings. The predicted molar refractivity (Wildman–Crippen MR) is 78.8 cm³/mol. The van der Waals surface area contributed by atoms with Gasteiger partial charge in [-0.2, -0.15) is 11.8 Å². The third-order valence-electron chi connectivity index (χ3n) is 5.01. The molecule has 0 unspecified atom stereocenters. The van der Waals surface area contributed by atoms with Gasteiger partial charge < -0.3 is 0 Å². The summed E-state index contributed by atoms with van der Waals surface area (Å²) in [5.41, 5.74) is 2.41.